The van der Waals surface area contributed by atoms with Gasteiger partial charge in [-0.05, 0) is 25.1 Å². The Balaban J connectivity index is 2.81. The summed E-state index contributed by atoms with van der Waals surface area (Å²) in [7, 11) is -5.31. The van der Waals surface area contributed by atoms with Gasteiger partial charge in [0.05, 0.1) is 4.90 Å². The maximum atomic E-state index is 12.5. The van der Waals surface area contributed by atoms with Crippen molar-refractivity contribution in [2.45, 2.75) is 17.3 Å². The number of H-pyrrole nitrogens is 1. The molecule has 0 atom stereocenters. The van der Waals surface area contributed by atoms with Crippen LogP contribution >= 0.6 is 0 Å². The van der Waals surface area contributed by atoms with E-state index in [2.05, 4.69) is 4.98 Å². The lowest BCUT2D eigenvalue weighted by molar-refractivity contribution is -0.0435. The second-order valence-electron chi connectivity index (χ2n) is 3.62. The van der Waals surface area contributed by atoms with Crippen LogP contribution in [-0.4, -0.2) is 18.9 Å². The first-order valence-corrected chi connectivity index (χ1v) is 6.11. The Morgan fingerprint density at radius 2 is 1.88 bits per heavy atom. The van der Waals surface area contributed by atoms with Crippen molar-refractivity contribution in [1.82, 2.24) is 4.98 Å². The number of nitrogens with one attached hydrogen (secondary N) is 1. The molecule has 2 aromatic rings. The maximum absolute atomic E-state index is 12.5. The van der Waals surface area contributed by atoms with E-state index in [1.165, 1.54) is 18.2 Å². The fourth-order valence-corrected chi connectivity index (χ4v) is 2.59. The van der Waals surface area contributed by atoms with Crippen LogP contribution in [-0.2, 0) is 9.84 Å². The Kier molecular flexibility index (Phi) is 2.46. The number of aromatic amines is 1. The zero-order chi connectivity index (χ0) is 12.8. The van der Waals surface area contributed by atoms with Gasteiger partial charge in [-0.25, -0.2) is 8.42 Å². The minimum Gasteiger partial charge on any atom is -0.359 e. The molecule has 1 heterocycles. The summed E-state index contributed by atoms with van der Waals surface area (Å²) < 4.78 is 60.0. The highest BCUT2D eigenvalue weighted by Crippen LogP contribution is 2.34. The summed E-state index contributed by atoms with van der Waals surface area (Å²) in [6.45, 7) is 1.64. The van der Waals surface area contributed by atoms with Crippen molar-refractivity contribution < 1.29 is 21.6 Å². The van der Waals surface area contributed by atoms with Gasteiger partial charge in [0.1, 0.15) is 0 Å². The van der Waals surface area contributed by atoms with Crippen LogP contribution in [0, 0.1) is 6.92 Å². The van der Waals surface area contributed by atoms with Gasteiger partial charge in [-0.2, -0.15) is 13.2 Å². The van der Waals surface area contributed by atoms with E-state index in [4.69, 9.17) is 0 Å². The predicted molar refractivity (Wildman–Crippen MR) is 56.3 cm³/mol. The molecular weight excluding hydrogens is 255 g/mol. The van der Waals surface area contributed by atoms with E-state index < -0.39 is 20.2 Å². The molecule has 92 valence electrons. The summed E-state index contributed by atoms with van der Waals surface area (Å²) in [5.74, 6) is 0. The zero-order valence-corrected chi connectivity index (χ0v) is 9.48. The molecule has 0 aliphatic heterocycles. The molecule has 2 rings (SSSR count). The van der Waals surface area contributed by atoms with Crippen LogP contribution in [0.5, 0.6) is 0 Å². The summed E-state index contributed by atoms with van der Waals surface area (Å²) >= 11 is 0. The zero-order valence-electron chi connectivity index (χ0n) is 8.67. The van der Waals surface area contributed by atoms with E-state index in [-0.39, 0.29) is 5.39 Å². The largest absolute Gasteiger partial charge is 0.501 e. The van der Waals surface area contributed by atoms with Gasteiger partial charge >= 0.3 is 5.51 Å². The normalized spacial score (nSPS) is 13.2. The van der Waals surface area contributed by atoms with Crippen LogP contribution in [0.3, 0.4) is 0 Å². The van der Waals surface area contributed by atoms with Gasteiger partial charge in [0, 0.05) is 16.6 Å². The van der Waals surface area contributed by atoms with Crippen LogP contribution < -0.4 is 0 Å². The Bertz CT molecular complexity index is 670. The highest BCUT2D eigenvalue weighted by atomic mass is 32.2. The molecule has 17 heavy (non-hydrogen) atoms. The average molecular weight is 263 g/mol. The quantitative estimate of drug-likeness (QED) is 0.860. The Labute approximate surface area is 95.2 Å². The second-order valence-corrected chi connectivity index (χ2v) is 5.53. The first-order chi connectivity index (χ1) is 7.73. The summed E-state index contributed by atoms with van der Waals surface area (Å²) in [6.07, 6.45) is 0. The molecule has 0 radical (unpaired) electrons. The molecule has 0 spiro atoms. The number of hydrogen-bond acceptors (Lipinski definition) is 2. The minimum atomic E-state index is -5.31. The second kappa shape index (κ2) is 3.49. The van der Waals surface area contributed by atoms with Crippen LogP contribution in [0.2, 0.25) is 0 Å². The maximum Gasteiger partial charge on any atom is 0.501 e. The molecule has 0 amide bonds. The molecule has 0 unspecified atom stereocenters. The molecule has 7 heteroatoms. The number of fused-ring (bicyclic) bond motifs is 1. The molecule has 0 aliphatic rings. The van der Waals surface area contributed by atoms with Crippen molar-refractivity contribution in [2.75, 3.05) is 0 Å². The van der Waals surface area contributed by atoms with E-state index in [1.807, 2.05) is 0 Å². The summed E-state index contributed by atoms with van der Waals surface area (Å²) in [6, 6.07) is 5.14. The first kappa shape index (κ1) is 12.0. The Morgan fingerprint density at radius 3 is 2.47 bits per heavy atom. The molecule has 0 fully saturated rings. The summed E-state index contributed by atoms with van der Waals surface area (Å²) in [5, 5.41) is 0.0577. The molecule has 1 aromatic carbocycles. The average Bonchev–Trinajstić information content (AvgIpc) is 2.55. The molecule has 0 aliphatic carbocycles. The number of aryl methyl sites for hydroxylation is 1. The lowest BCUT2D eigenvalue weighted by Crippen LogP contribution is -2.23. The standard InChI is InChI=1S/C10H8F3NO2S/c1-6-5-7-8(14-6)3-2-4-9(7)17(15,16)10(11,12)13/h2-5,14H,1H3. The van der Waals surface area contributed by atoms with Gasteiger partial charge in [0.25, 0.3) is 9.84 Å². The minimum absolute atomic E-state index is 0.0577. The van der Waals surface area contributed by atoms with E-state index in [1.54, 1.807) is 6.92 Å². The SMILES string of the molecule is Cc1cc2c(S(=O)(=O)C(F)(F)F)cccc2[nH]1. The van der Waals surface area contributed by atoms with Crippen molar-refractivity contribution in [2.24, 2.45) is 0 Å². The van der Waals surface area contributed by atoms with Crippen LogP contribution in [0.25, 0.3) is 10.9 Å². The molecule has 1 aromatic heterocycles. The fraction of sp³-hybridized carbons (Fsp3) is 0.200. The van der Waals surface area contributed by atoms with Crippen LogP contribution in [0.4, 0.5) is 13.2 Å². The van der Waals surface area contributed by atoms with Gasteiger partial charge in [0.2, 0.25) is 0 Å². The van der Waals surface area contributed by atoms with Crippen LogP contribution in [0.15, 0.2) is 29.2 Å². The first-order valence-electron chi connectivity index (χ1n) is 4.63. The van der Waals surface area contributed by atoms with E-state index in [9.17, 15) is 21.6 Å². The van der Waals surface area contributed by atoms with Crippen molar-refractivity contribution in [3.8, 4) is 0 Å². The summed E-state index contributed by atoms with van der Waals surface area (Å²) in [5.41, 5.74) is -4.32. The van der Waals surface area contributed by atoms with Gasteiger partial charge in [-0.15, -0.1) is 0 Å². The molecule has 1 N–H and O–H groups in total. The van der Waals surface area contributed by atoms with E-state index >= 15 is 0 Å². The molecule has 0 saturated carbocycles. The highest BCUT2D eigenvalue weighted by Gasteiger charge is 2.47. The third-order valence-electron chi connectivity index (χ3n) is 2.35. The Hall–Kier alpha value is -1.50. The lowest BCUT2D eigenvalue weighted by Gasteiger charge is -2.08. The number of rotatable bonds is 1. The third kappa shape index (κ3) is 1.80. The molecule has 3 nitrogen and oxygen atoms in total. The smallest absolute Gasteiger partial charge is 0.359 e. The number of benzene rings is 1. The van der Waals surface area contributed by atoms with Crippen molar-refractivity contribution >= 4 is 20.7 Å². The number of aromatic nitrogens is 1. The van der Waals surface area contributed by atoms with Crippen molar-refractivity contribution in [1.29, 1.82) is 0 Å². The fourth-order valence-electron chi connectivity index (χ4n) is 1.63. The topological polar surface area (TPSA) is 49.9 Å². The third-order valence-corrected chi connectivity index (χ3v) is 3.90. The molecular formula is C10H8F3NO2S. The van der Waals surface area contributed by atoms with E-state index in [0.717, 1.165) is 6.07 Å². The lowest BCUT2D eigenvalue weighted by atomic mass is 10.2. The summed E-state index contributed by atoms with van der Waals surface area (Å²) in [4.78, 5) is 2.07. The number of hydrogen-bond donors (Lipinski definition) is 1. The van der Waals surface area contributed by atoms with E-state index in [0.29, 0.717) is 11.2 Å². The molecule has 0 bridgehead atoms. The highest BCUT2D eigenvalue weighted by molar-refractivity contribution is 7.92. The van der Waals surface area contributed by atoms with Crippen molar-refractivity contribution in [3.63, 3.8) is 0 Å². The molecule has 0 saturated heterocycles. The number of alkyl halides is 3. The monoisotopic (exact) mass is 263 g/mol. The predicted octanol–water partition coefficient (Wildman–Crippen LogP) is 2.77. The van der Waals surface area contributed by atoms with Gasteiger partial charge in [-0.1, -0.05) is 6.07 Å². The number of sulfone groups is 1. The number of halogens is 3. The van der Waals surface area contributed by atoms with Crippen molar-refractivity contribution in [3.05, 3.63) is 30.0 Å². The Morgan fingerprint density at radius 1 is 1.24 bits per heavy atom. The van der Waals surface area contributed by atoms with Crippen LogP contribution in [0.1, 0.15) is 5.69 Å². The van der Waals surface area contributed by atoms with Gasteiger partial charge in [-0.3, -0.25) is 0 Å². The van der Waals surface area contributed by atoms with Gasteiger partial charge < -0.3 is 4.98 Å². The van der Waals surface area contributed by atoms with Gasteiger partial charge in [0.15, 0.2) is 0 Å².